The quantitative estimate of drug-likeness (QED) is 0.912. The molecular formula is C15H20FNO2. The summed E-state index contributed by atoms with van der Waals surface area (Å²) in [6, 6.07) is 6.49. The van der Waals surface area contributed by atoms with Crippen LogP contribution in [0.4, 0.5) is 10.1 Å². The smallest absolute Gasteiger partial charge is 0.303 e. The molecule has 1 unspecified atom stereocenters. The van der Waals surface area contributed by atoms with E-state index >= 15 is 0 Å². The molecule has 1 aromatic carbocycles. The van der Waals surface area contributed by atoms with Gasteiger partial charge in [-0.15, -0.1) is 0 Å². The summed E-state index contributed by atoms with van der Waals surface area (Å²) in [7, 11) is 0. The molecule has 104 valence electrons. The van der Waals surface area contributed by atoms with E-state index in [1.807, 2.05) is 0 Å². The van der Waals surface area contributed by atoms with Gasteiger partial charge in [0.1, 0.15) is 5.82 Å². The SMILES string of the molecule is CC1(C)CN(c2ccc(F)cc2)CCC1CC(=O)O. The molecule has 1 aliphatic heterocycles. The number of anilines is 1. The Morgan fingerprint density at radius 2 is 2.05 bits per heavy atom. The summed E-state index contributed by atoms with van der Waals surface area (Å²) in [5.74, 6) is -0.765. The molecule has 3 nitrogen and oxygen atoms in total. The van der Waals surface area contributed by atoms with E-state index in [1.165, 1.54) is 12.1 Å². The van der Waals surface area contributed by atoms with Gasteiger partial charge < -0.3 is 10.0 Å². The third-order valence-electron chi connectivity index (χ3n) is 4.06. The molecule has 1 N–H and O–H groups in total. The van der Waals surface area contributed by atoms with Gasteiger partial charge in [0.15, 0.2) is 0 Å². The summed E-state index contributed by atoms with van der Waals surface area (Å²) in [5.41, 5.74) is 0.952. The average molecular weight is 265 g/mol. The molecule has 0 radical (unpaired) electrons. The van der Waals surface area contributed by atoms with Crippen LogP contribution in [0.5, 0.6) is 0 Å². The number of benzene rings is 1. The number of hydrogen-bond acceptors (Lipinski definition) is 2. The minimum atomic E-state index is -0.728. The number of nitrogens with zero attached hydrogens (tertiary/aromatic N) is 1. The molecular weight excluding hydrogens is 245 g/mol. The van der Waals surface area contributed by atoms with Crippen LogP contribution in [0.15, 0.2) is 24.3 Å². The van der Waals surface area contributed by atoms with Gasteiger partial charge in [-0.25, -0.2) is 4.39 Å². The van der Waals surface area contributed by atoms with E-state index in [4.69, 9.17) is 5.11 Å². The van der Waals surface area contributed by atoms with Crippen molar-refractivity contribution in [2.24, 2.45) is 11.3 Å². The minimum Gasteiger partial charge on any atom is -0.481 e. The van der Waals surface area contributed by atoms with Crippen LogP contribution in [0.1, 0.15) is 26.7 Å². The summed E-state index contributed by atoms with van der Waals surface area (Å²) in [4.78, 5) is 13.1. The highest BCUT2D eigenvalue weighted by atomic mass is 19.1. The van der Waals surface area contributed by atoms with E-state index in [2.05, 4.69) is 18.7 Å². The minimum absolute atomic E-state index is 0.0506. The molecule has 1 heterocycles. The van der Waals surface area contributed by atoms with E-state index in [-0.39, 0.29) is 23.6 Å². The zero-order chi connectivity index (χ0) is 14.0. The number of carboxylic acids is 1. The summed E-state index contributed by atoms with van der Waals surface area (Å²) in [6.07, 6.45) is 1.08. The van der Waals surface area contributed by atoms with Crippen LogP contribution in [0, 0.1) is 17.2 Å². The number of piperidine rings is 1. The maximum absolute atomic E-state index is 12.9. The Kier molecular flexibility index (Phi) is 3.78. The molecule has 4 heteroatoms. The van der Waals surface area contributed by atoms with Gasteiger partial charge in [0.05, 0.1) is 0 Å². The number of halogens is 1. The van der Waals surface area contributed by atoms with Crippen molar-refractivity contribution in [3.8, 4) is 0 Å². The third-order valence-corrected chi connectivity index (χ3v) is 4.06. The molecule has 1 fully saturated rings. The monoisotopic (exact) mass is 265 g/mol. The molecule has 0 amide bonds. The normalized spacial score (nSPS) is 22.3. The van der Waals surface area contributed by atoms with Crippen molar-refractivity contribution in [3.63, 3.8) is 0 Å². The van der Waals surface area contributed by atoms with Crippen molar-refractivity contribution < 1.29 is 14.3 Å². The largest absolute Gasteiger partial charge is 0.481 e. The van der Waals surface area contributed by atoms with Crippen molar-refractivity contribution in [3.05, 3.63) is 30.1 Å². The second-order valence-electron chi connectivity index (χ2n) is 5.97. The van der Waals surface area contributed by atoms with Crippen molar-refractivity contribution in [1.29, 1.82) is 0 Å². The van der Waals surface area contributed by atoms with Gasteiger partial charge in [-0.1, -0.05) is 13.8 Å². The molecule has 1 aromatic rings. The van der Waals surface area contributed by atoms with E-state index in [9.17, 15) is 9.18 Å². The maximum Gasteiger partial charge on any atom is 0.303 e. The Morgan fingerprint density at radius 1 is 1.42 bits per heavy atom. The topological polar surface area (TPSA) is 40.5 Å². The van der Waals surface area contributed by atoms with Crippen LogP contribution in [0.2, 0.25) is 0 Å². The van der Waals surface area contributed by atoms with E-state index in [0.717, 1.165) is 25.2 Å². The lowest BCUT2D eigenvalue weighted by Crippen LogP contribution is -2.46. The van der Waals surface area contributed by atoms with E-state index < -0.39 is 5.97 Å². The zero-order valence-corrected chi connectivity index (χ0v) is 11.4. The molecule has 0 saturated carbocycles. The molecule has 19 heavy (non-hydrogen) atoms. The van der Waals surface area contributed by atoms with Crippen LogP contribution in [0.3, 0.4) is 0 Å². The van der Waals surface area contributed by atoms with Gasteiger partial charge in [-0.3, -0.25) is 4.79 Å². The average Bonchev–Trinajstić information content (AvgIpc) is 2.32. The zero-order valence-electron chi connectivity index (χ0n) is 11.4. The molecule has 2 rings (SSSR count). The van der Waals surface area contributed by atoms with Gasteiger partial charge in [0, 0.05) is 25.2 Å². The molecule has 0 spiro atoms. The number of carbonyl (C=O) groups is 1. The first-order valence-corrected chi connectivity index (χ1v) is 6.61. The first kappa shape index (κ1) is 13.8. The number of hydrogen-bond donors (Lipinski definition) is 1. The fraction of sp³-hybridized carbons (Fsp3) is 0.533. The first-order valence-electron chi connectivity index (χ1n) is 6.61. The first-order chi connectivity index (χ1) is 8.88. The lowest BCUT2D eigenvalue weighted by Gasteiger charge is -2.45. The van der Waals surface area contributed by atoms with Gasteiger partial charge in [-0.05, 0) is 42.0 Å². The van der Waals surface area contributed by atoms with Gasteiger partial charge in [0.25, 0.3) is 0 Å². The Bertz CT molecular complexity index is 456. The summed E-state index contributed by atoms with van der Waals surface area (Å²) in [6.45, 7) is 5.84. The highest BCUT2D eigenvalue weighted by molar-refractivity contribution is 5.67. The maximum atomic E-state index is 12.9. The highest BCUT2D eigenvalue weighted by Crippen LogP contribution is 2.38. The Balaban J connectivity index is 2.09. The Labute approximate surface area is 113 Å². The second kappa shape index (κ2) is 5.19. The fourth-order valence-corrected chi connectivity index (χ4v) is 2.86. The van der Waals surface area contributed by atoms with Crippen LogP contribution < -0.4 is 4.90 Å². The molecule has 1 atom stereocenters. The highest BCUT2D eigenvalue weighted by Gasteiger charge is 2.36. The van der Waals surface area contributed by atoms with Gasteiger partial charge >= 0.3 is 5.97 Å². The molecule has 1 aliphatic rings. The van der Waals surface area contributed by atoms with Crippen LogP contribution in [0.25, 0.3) is 0 Å². The van der Waals surface area contributed by atoms with Gasteiger partial charge in [-0.2, -0.15) is 0 Å². The third kappa shape index (κ3) is 3.25. The Morgan fingerprint density at radius 3 is 2.58 bits per heavy atom. The fourth-order valence-electron chi connectivity index (χ4n) is 2.86. The molecule has 0 aliphatic carbocycles. The number of rotatable bonds is 3. The van der Waals surface area contributed by atoms with Crippen LogP contribution in [-0.4, -0.2) is 24.2 Å². The summed E-state index contributed by atoms with van der Waals surface area (Å²) in [5, 5.41) is 8.96. The summed E-state index contributed by atoms with van der Waals surface area (Å²) < 4.78 is 12.9. The molecule has 1 saturated heterocycles. The predicted molar refractivity (Wildman–Crippen MR) is 72.8 cm³/mol. The molecule has 0 bridgehead atoms. The van der Waals surface area contributed by atoms with Crippen LogP contribution in [-0.2, 0) is 4.79 Å². The van der Waals surface area contributed by atoms with Gasteiger partial charge in [0.2, 0.25) is 0 Å². The molecule has 0 aromatic heterocycles. The van der Waals surface area contributed by atoms with Crippen molar-refractivity contribution in [2.45, 2.75) is 26.7 Å². The lowest BCUT2D eigenvalue weighted by molar-refractivity contribution is -0.139. The van der Waals surface area contributed by atoms with Crippen molar-refractivity contribution >= 4 is 11.7 Å². The number of carboxylic acid groups (broad SMARTS) is 1. The van der Waals surface area contributed by atoms with Crippen molar-refractivity contribution in [2.75, 3.05) is 18.0 Å². The Hall–Kier alpha value is -1.58. The predicted octanol–water partition coefficient (Wildman–Crippen LogP) is 3.15. The van der Waals surface area contributed by atoms with Crippen molar-refractivity contribution in [1.82, 2.24) is 0 Å². The lowest BCUT2D eigenvalue weighted by atomic mass is 9.72. The van der Waals surface area contributed by atoms with E-state index in [0.29, 0.717) is 0 Å². The second-order valence-corrected chi connectivity index (χ2v) is 5.97. The van der Waals surface area contributed by atoms with Crippen LogP contribution >= 0.6 is 0 Å². The number of aliphatic carboxylic acids is 1. The standard InChI is InChI=1S/C15H20FNO2/c1-15(2)10-17(8-7-11(15)9-14(18)19)13-5-3-12(16)4-6-13/h3-6,11H,7-10H2,1-2H3,(H,18,19). The summed E-state index contributed by atoms with van der Waals surface area (Å²) >= 11 is 0. The van der Waals surface area contributed by atoms with E-state index in [1.54, 1.807) is 12.1 Å².